The second-order valence-electron chi connectivity index (χ2n) is 5.38. The molecule has 13 heavy (non-hydrogen) atoms. The van der Waals surface area contributed by atoms with E-state index in [1.807, 2.05) is 0 Å². The van der Waals surface area contributed by atoms with Gasteiger partial charge in [-0.3, -0.25) is 0 Å². The minimum atomic E-state index is 0.688. The lowest BCUT2D eigenvalue weighted by atomic mass is 9.64. The standard InChI is InChI=1S/C12H23N/c1-10(2)12-7-5-4-6-11(12)13(3)9-8-12/h10-11H,4-9H2,1-3H3. The van der Waals surface area contributed by atoms with E-state index in [9.17, 15) is 0 Å². The Morgan fingerprint density at radius 2 is 2.00 bits per heavy atom. The number of nitrogens with zero attached hydrogens (tertiary/aromatic N) is 1. The van der Waals surface area contributed by atoms with Crippen molar-refractivity contribution in [2.24, 2.45) is 11.3 Å². The Kier molecular flexibility index (Phi) is 2.39. The van der Waals surface area contributed by atoms with Gasteiger partial charge in [0.15, 0.2) is 0 Å². The molecule has 76 valence electrons. The van der Waals surface area contributed by atoms with Gasteiger partial charge in [-0.25, -0.2) is 0 Å². The maximum Gasteiger partial charge on any atom is 0.0152 e. The summed E-state index contributed by atoms with van der Waals surface area (Å²) < 4.78 is 0. The predicted molar refractivity (Wildman–Crippen MR) is 56.8 cm³/mol. The van der Waals surface area contributed by atoms with Crippen LogP contribution in [0.5, 0.6) is 0 Å². The molecule has 0 aromatic rings. The van der Waals surface area contributed by atoms with Crippen molar-refractivity contribution in [2.45, 2.75) is 52.0 Å². The van der Waals surface area contributed by atoms with Gasteiger partial charge in [-0.1, -0.05) is 26.7 Å². The van der Waals surface area contributed by atoms with E-state index in [1.165, 1.54) is 38.6 Å². The van der Waals surface area contributed by atoms with Gasteiger partial charge in [-0.05, 0) is 44.2 Å². The van der Waals surface area contributed by atoms with Crippen molar-refractivity contribution in [3.63, 3.8) is 0 Å². The van der Waals surface area contributed by atoms with E-state index < -0.39 is 0 Å². The van der Waals surface area contributed by atoms with Gasteiger partial charge < -0.3 is 4.90 Å². The van der Waals surface area contributed by atoms with Crippen LogP contribution < -0.4 is 0 Å². The molecule has 0 N–H and O–H groups in total. The average molecular weight is 181 g/mol. The molecule has 0 amide bonds. The lowest BCUT2D eigenvalue weighted by Crippen LogP contribution is -2.43. The third-order valence-electron chi connectivity index (χ3n) is 4.65. The summed E-state index contributed by atoms with van der Waals surface area (Å²) in [7, 11) is 2.32. The summed E-state index contributed by atoms with van der Waals surface area (Å²) in [6.45, 7) is 6.19. The Balaban J connectivity index is 2.22. The summed E-state index contributed by atoms with van der Waals surface area (Å²) in [5, 5.41) is 0. The predicted octanol–water partition coefficient (Wildman–Crippen LogP) is 2.91. The fraction of sp³-hybridized carbons (Fsp3) is 1.00. The molecular weight excluding hydrogens is 158 g/mol. The van der Waals surface area contributed by atoms with E-state index in [2.05, 4.69) is 25.8 Å². The summed E-state index contributed by atoms with van der Waals surface area (Å²) in [5.74, 6) is 0.878. The summed E-state index contributed by atoms with van der Waals surface area (Å²) in [6.07, 6.45) is 7.33. The van der Waals surface area contributed by atoms with Crippen molar-refractivity contribution in [1.29, 1.82) is 0 Å². The summed E-state index contributed by atoms with van der Waals surface area (Å²) in [5.41, 5.74) is 0.688. The van der Waals surface area contributed by atoms with Crippen LogP contribution in [0.4, 0.5) is 0 Å². The molecule has 0 bridgehead atoms. The van der Waals surface area contributed by atoms with Gasteiger partial charge in [0.2, 0.25) is 0 Å². The van der Waals surface area contributed by atoms with Crippen LogP contribution in [0, 0.1) is 11.3 Å². The zero-order valence-electron chi connectivity index (χ0n) is 9.34. The van der Waals surface area contributed by atoms with Crippen molar-refractivity contribution in [3.8, 4) is 0 Å². The van der Waals surface area contributed by atoms with Crippen LogP contribution >= 0.6 is 0 Å². The molecule has 2 rings (SSSR count). The van der Waals surface area contributed by atoms with Crippen molar-refractivity contribution < 1.29 is 0 Å². The molecule has 1 nitrogen and oxygen atoms in total. The van der Waals surface area contributed by atoms with Crippen LogP contribution in [0.25, 0.3) is 0 Å². The second kappa shape index (κ2) is 3.27. The number of likely N-dealkylation sites (tertiary alicyclic amines) is 1. The zero-order chi connectivity index (χ0) is 9.47. The molecule has 0 aromatic heterocycles. The number of fused-ring (bicyclic) bond motifs is 1. The van der Waals surface area contributed by atoms with E-state index in [4.69, 9.17) is 0 Å². The highest BCUT2D eigenvalue weighted by Gasteiger charge is 2.48. The van der Waals surface area contributed by atoms with Crippen LogP contribution in [-0.2, 0) is 0 Å². The molecule has 0 radical (unpaired) electrons. The molecule has 2 fully saturated rings. The molecule has 1 saturated heterocycles. The molecule has 1 aliphatic heterocycles. The van der Waals surface area contributed by atoms with Crippen molar-refractivity contribution in [2.75, 3.05) is 13.6 Å². The van der Waals surface area contributed by atoms with Crippen LogP contribution in [0.2, 0.25) is 0 Å². The monoisotopic (exact) mass is 181 g/mol. The van der Waals surface area contributed by atoms with E-state index in [0.717, 1.165) is 12.0 Å². The minimum Gasteiger partial charge on any atom is -0.303 e. The largest absolute Gasteiger partial charge is 0.303 e. The van der Waals surface area contributed by atoms with E-state index in [0.29, 0.717) is 5.41 Å². The lowest BCUT2D eigenvalue weighted by molar-refractivity contribution is 0.0680. The third kappa shape index (κ3) is 1.32. The van der Waals surface area contributed by atoms with Gasteiger partial charge in [-0.2, -0.15) is 0 Å². The van der Waals surface area contributed by atoms with E-state index in [1.54, 1.807) is 0 Å². The van der Waals surface area contributed by atoms with Crippen LogP contribution in [0.3, 0.4) is 0 Å². The summed E-state index contributed by atoms with van der Waals surface area (Å²) in [6, 6.07) is 0.904. The molecule has 2 atom stereocenters. The first kappa shape index (κ1) is 9.51. The zero-order valence-corrected chi connectivity index (χ0v) is 9.34. The van der Waals surface area contributed by atoms with Crippen LogP contribution in [-0.4, -0.2) is 24.5 Å². The van der Waals surface area contributed by atoms with Gasteiger partial charge in [-0.15, -0.1) is 0 Å². The molecule has 1 heterocycles. The highest BCUT2D eigenvalue weighted by molar-refractivity contribution is 5.01. The lowest BCUT2D eigenvalue weighted by Gasteiger charge is -2.44. The quantitative estimate of drug-likeness (QED) is 0.601. The highest BCUT2D eigenvalue weighted by atomic mass is 15.2. The molecule has 2 unspecified atom stereocenters. The van der Waals surface area contributed by atoms with Gasteiger partial charge >= 0.3 is 0 Å². The summed E-state index contributed by atoms with van der Waals surface area (Å²) in [4.78, 5) is 2.61. The molecule has 1 aliphatic carbocycles. The molecule has 2 aliphatic rings. The molecular formula is C12H23N. The topological polar surface area (TPSA) is 3.24 Å². The smallest absolute Gasteiger partial charge is 0.0152 e. The van der Waals surface area contributed by atoms with Crippen LogP contribution in [0.15, 0.2) is 0 Å². The fourth-order valence-electron chi connectivity index (χ4n) is 3.70. The summed E-state index contributed by atoms with van der Waals surface area (Å²) >= 11 is 0. The number of hydrogen-bond acceptors (Lipinski definition) is 1. The van der Waals surface area contributed by atoms with E-state index >= 15 is 0 Å². The van der Waals surface area contributed by atoms with Gasteiger partial charge in [0.25, 0.3) is 0 Å². The number of rotatable bonds is 1. The van der Waals surface area contributed by atoms with Crippen molar-refractivity contribution in [3.05, 3.63) is 0 Å². The Hall–Kier alpha value is -0.0400. The minimum absolute atomic E-state index is 0.688. The first-order valence-electron chi connectivity index (χ1n) is 5.87. The molecule has 0 spiro atoms. The maximum atomic E-state index is 2.61. The first-order valence-corrected chi connectivity index (χ1v) is 5.87. The molecule has 1 saturated carbocycles. The van der Waals surface area contributed by atoms with E-state index in [-0.39, 0.29) is 0 Å². The van der Waals surface area contributed by atoms with Crippen molar-refractivity contribution in [1.82, 2.24) is 4.90 Å². The average Bonchev–Trinajstić information content (AvgIpc) is 2.46. The third-order valence-corrected chi connectivity index (χ3v) is 4.65. The van der Waals surface area contributed by atoms with Crippen molar-refractivity contribution >= 4 is 0 Å². The normalized spacial score (nSPS) is 41.1. The Morgan fingerprint density at radius 3 is 2.62 bits per heavy atom. The second-order valence-corrected chi connectivity index (χ2v) is 5.38. The Labute approximate surface area is 82.5 Å². The Bertz CT molecular complexity index is 184. The van der Waals surface area contributed by atoms with Crippen LogP contribution in [0.1, 0.15) is 46.0 Å². The molecule has 0 aromatic carbocycles. The maximum absolute atomic E-state index is 2.61. The first-order chi connectivity index (χ1) is 6.17. The molecule has 1 heteroatoms. The Morgan fingerprint density at radius 1 is 1.23 bits per heavy atom. The number of hydrogen-bond donors (Lipinski definition) is 0. The SMILES string of the molecule is CC(C)C12CCCCC1N(C)CC2. The van der Waals surface area contributed by atoms with Gasteiger partial charge in [0.1, 0.15) is 0 Å². The van der Waals surface area contributed by atoms with Gasteiger partial charge in [0, 0.05) is 6.04 Å². The highest BCUT2D eigenvalue weighted by Crippen LogP contribution is 2.50. The van der Waals surface area contributed by atoms with Gasteiger partial charge in [0.05, 0.1) is 0 Å². The fourth-order valence-corrected chi connectivity index (χ4v) is 3.70.